The van der Waals surface area contributed by atoms with E-state index in [1.165, 1.54) is 9.75 Å². The van der Waals surface area contributed by atoms with Crippen molar-refractivity contribution >= 4 is 41.3 Å². The molecule has 0 aromatic carbocycles. The summed E-state index contributed by atoms with van der Waals surface area (Å²) in [6, 6.07) is 4.77. The van der Waals surface area contributed by atoms with Crippen LogP contribution in [0, 0.1) is 6.92 Å². The molecule has 0 spiro atoms. The van der Waals surface area contributed by atoms with Crippen molar-refractivity contribution in [2.75, 3.05) is 53.6 Å². The van der Waals surface area contributed by atoms with Crippen LogP contribution >= 0.6 is 35.3 Å². The molecule has 0 bridgehead atoms. The molecule has 1 aromatic rings. The Bertz CT molecular complexity index is 559. The van der Waals surface area contributed by atoms with Crippen LogP contribution in [-0.2, 0) is 9.47 Å². The van der Waals surface area contributed by atoms with Crippen molar-refractivity contribution < 1.29 is 9.47 Å². The van der Waals surface area contributed by atoms with E-state index in [1.807, 2.05) is 11.3 Å². The van der Waals surface area contributed by atoms with Crippen LogP contribution in [0.2, 0.25) is 0 Å². The average molecular weight is 496 g/mol. The van der Waals surface area contributed by atoms with E-state index in [0.29, 0.717) is 12.6 Å². The molecule has 0 radical (unpaired) electrons. The highest BCUT2D eigenvalue weighted by molar-refractivity contribution is 14.0. The van der Waals surface area contributed by atoms with Crippen LogP contribution < -0.4 is 10.6 Å². The molecule has 1 unspecified atom stereocenters. The van der Waals surface area contributed by atoms with Gasteiger partial charge in [0, 0.05) is 50.1 Å². The molecular weight excluding hydrogens is 463 g/mol. The van der Waals surface area contributed by atoms with Gasteiger partial charge in [-0.1, -0.05) is 0 Å². The Labute approximate surface area is 178 Å². The Kier molecular flexibility index (Phi) is 10.4. The van der Waals surface area contributed by atoms with Crippen LogP contribution in [0.1, 0.15) is 29.6 Å². The van der Waals surface area contributed by atoms with Crippen LogP contribution in [0.5, 0.6) is 0 Å². The van der Waals surface area contributed by atoms with Gasteiger partial charge in [-0.3, -0.25) is 9.89 Å². The van der Waals surface area contributed by atoms with Gasteiger partial charge in [-0.05, 0) is 32.9 Å². The van der Waals surface area contributed by atoms with Crippen LogP contribution in [0.4, 0.5) is 0 Å². The molecule has 0 aliphatic carbocycles. The minimum atomic E-state index is -0.230. The summed E-state index contributed by atoms with van der Waals surface area (Å²) in [6.45, 7) is 11.3. The van der Waals surface area contributed by atoms with Gasteiger partial charge in [0.1, 0.15) is 0 Å². The number of guanidine groups is 1. The van der Waals surface area contributed by atoms with E-state index in [4.69, 9.17) is 9.47 Å². The third kappa shape index (κ3) is 7.30. The van der Waals surface area contributed by atoms with Crippen molar-refractivity contribution in [3.05, 3.63) is 21.9 Å². The molecule has 1 aliphatic heterocycles. The predicted octanol–water partition coefficient (Wildman–Crippen LogP) is 2.64. The maximum absolute atomic E-state index is 5.52. The first-order valence-electron chi connectivity index (χ1n) is 8.83. The minimum Gasteiger partial charge on any atom is -0.379 e. The van der Waals surface area contributed by atoms with Crippen molar-refractivity contribution in [3.8, 4) is 0 Å². The molecule has 1 fully saturated rings. The number of aryl methyl sites for hydroxylation is 1. The van der Waals surface area contributed by atoms with E-state index in [9.17, 15) is 0 Å². The fourth-order valence-corrected chi connectivity index (χ4v) is 3.73. The molecule has 1 saturated heterocycles. The number of rotatable bonds is 7. The molecular formula is C18H33IN4O2S. The van der Waals surface area contributed by atoms with Gasteiger partial charge >= 0.3 is 0 Å². The summed E-state index contributed by atoms with van der Waals surface area (Å²) in [6.07, 6.45) is 0. The monoisotopic (exact) mass is 496 g/mol. The van der Waals surface area contributed by atoms with Gasteiger partial charge in [0.05, 0.1) is 24.9 Å². The van der Waals surface area contributed by atoms with E-state index < -0.39 is 0 Å². The van der Waals surface area contributed by atoms with Crippen LogP contribution in [-0.4, -0.2) is 70.0 Å². The van der Waals surface area contributed by atoms with Crippen LogP contribution in [0.25, 0.3) is 0 Å². The largest absolute Gasteiger partial charge is 0.379 e. The second-order valence-electron chi connectivity index (χ2n) is 6.88. The lowest BCUT2D eigenvalue weighted by Gasteiger charge is -2.34. The van der Waals surface area contributed by atoms with Gasteiger partial charge < -0.3 is 20.1 Å². The molecule has 2 rings (SSSR count). The number of aliphatic imine (C=N–C) groups is 1. The third-order valence-electron chi connectivity index (χ3n) is 4.50. The average Bonchev–Trinajstić information content (AvgIpc) is 3.05. The second-order valence-corrected chi connectivity index (χ2v) is 8.20. The van der Waals surface area contributed by atoms with E-state index in [2.05, 4.69) is 53.4 Å². The van der Waals surface area contributed by atoms with Crippen LogP contribution in [0.3, 0.4) is 0 Å². The quantitative estimate of drug-likeness (QED) is 0.346. The first kappa shape index (κ1) is 23.6. The smallest absolute Gasteiger partial charge is 0.191 e. The Morgan fingerprint density at radius 1 is 1.35 bits per heavy atom. The molecule has 6 nitrogen and oxygen atoms in total. The number of nitrogens with one attached hydrogen (secondary N) is 2. The molecule has 26 heavy (non-hydrogen) atoms. The number of thiophene rings is 1. The van der Waals surface area contributed by atoms with Crippen molar-refractivity contribution in [1.82, 2.24) is 15.5 Å². The van der Waals surface area contributed by atoms with Gasteiger partial charge in [-0.2, -0.15) is 0 Å². The van der Waals surface area contributed by atoms with Gasteiger partial charge in [0.25, 0.3) is 0 Å². The number of methoxy groups -OCH3 is 1. The zero-order chi connectivity index (χ0) is 18.3. The summed E-state index contributed by atoms with van der Waals surface area (Å²) < 4.78 is 11.0. The van der Waals surface area contributed by atoms with Crippen molar-refractivity contribution in [1.29, 1.82) is 0 Å². The summed E-state index contributed by atoms with van der Waals surface area (Å²) in [5.74, 6) is 0.802. The van der Waals surface area contributed by atoms with Crippen LogP contribution in [0.15, 0.2) is 17.1 Å². The Morgan fingerprint density at radius 2 is 2.04 bits per heavy atom. The number of halogens is 1. The van der Waals surface area contributed by atoms with Gasteiger partial charge in [-0.25, -0.2) is 0 Å². The lowest BCUT2D eigenvalue weighted by Crippen LogP contribution is -2.48. The molecule has 2 heterocycles. The highest BCUT2D eigenvalue weighted by Gasteiger charge is 2.24. The van der Waals surface area contributed by atoms with E-state index >= 15 is 0 Å². The fourth-order valence-electron chi connectivity index (χ4n) is 2.71. The first-order chi connectivity index (χ1) is 11.9. The van der Waals surface area contributed by atoms with Crippen molar-refractivity contribution in [2.24, 2.45) is 4.99 Å². The summed E-state index contributed by atoms with van der Waals surface area (Å²) in [5, 5.41) is 6.83. The standard InChI is InChI=1S/C18H32N4O2S.HI/c1-14-6-7-16(25-14)15(22-8-10-24-11-9-22)12-20-17(19-4)21-13-18(2,3)23-5;/h6-7,15H,8-13H2,1-5H3,(H2,19,20,21);1H. The number of nitrogens with zero attached hydrogens (tertiary/aromatic N) is 2. The van der Waals surface area contributed by atoms with Crippen molar-refractivity contribution in [3.63, 3.8) is 0 Å². The Balaban J connectivity index is 0.00000338. The van der Waals surface area contributed by atoms with Gasteiger partial charge in [0.2, 0.25) is 0 Å². The maximum atomic E-state index is 5.52. The van der Waals surface area contributed by atoms with E-state index in [-0.39, 0.29) is 29.6 Å². The predicted molar refractivity (Wildman–Crippen MR) is 120 cm³/mol. The molecule has 1 aliphatic rings. The van der Waals surface area contributed by atoms with Crippen molar-refractivity contribution in [2.45, 2.75) is 32.4 Å². The summed E-state index contributed by atoms with van der Waals surface area (Å²) in [5.41, 5.74) is -0.230. The third-order valence-corrected chi connectivity index (χ3v) is 5.60. The number of hydrogen-bond donors (Lipinski definition) is 2. The van der Waals surface area contributed by atoms with Gasteiger partial charge in [0.15, 0.2) is 5.96 Å². The number of morpholine rings is 1. The lowest BCUT2D eigenvalue weighted by molar-refractivity contribution is 0.0174. The second kappa shape index (κ2) is 11.4. The highest BCUT2D eigenvalue weighted by atomic mass is 127. The molecule has 8 heteroatoms. The highest BCUT2D eigenvalue weighted by Crippen LogP contribution is 2.27. The van der Waals surface area contributed by atoms with E-state index in [0.717, 1.165) is 38.8 Å². The maximum Gasteiger partial charge on any atom is 0.191 e. The molecule has 1 aromatic heterocycles. The summed E-state index contributed by atoms with van der Waals surface area (Å²) >= 11 is 1.87. The molecule has 0 amide bonds. The summed E-state index contributed by atoms with van der Waals surface area (Å²) in [7, 11) is 3.53. The minimum absolute atomic E-state index is 0. The zero-order valence-corrected chi connectivity index (χ0v) is 19.6. The molecule has 1 atom stereocenters. The lowest BCUT2D eigenvalue weighted by atomic mass is 10.1. The van der Waals surface area contributed by atoms with E-state index in [1.54, 1.807) is 14.2 Å². The Morgan fingerprint density at radius 3 is 2.58 bits per heavy atom. The topological polar surface area (TPSA) is 58.1 Å². The summed E-state index contributed by atoms with van der Waals surface area (Å²) in [4.78, 5) is 9.57. The number of hydrogen-bond acceptors (Lipinski definition) is 5. The SMILES string of the molecule is CN=C(NCC(c1ccc(C)s1)N1CCOCC1)NCC(C)(C)OC.I. The fraction of sp³-hybridized carbons (Fsp3) is 0.722. The zero-order valence-electron chi connectivity index (χ0n) is 16.5. The molecule has 2 N–H and O–H groups in total. The molecule has 150 valence electrons. The normalized spacial score (nSPS) is 17.5. The Hall–Kier alpha value is -0.420. The first-order valence-corrected chi connectivity index (χ1v) is 9.64. The molecule has 0 saturated carbocycles. The number of ether oxygens (including phenoxy) is 2. The van der Waals surface area contributed by atoms with Gasteiger partial charge in [-0.15, -0.1) is 35.3 Å².